The highest BCUT2D eigenvalue weighted by atomic mass is 16.5. The molecule has 0 saturated carbocycles. The van der Waals surface area contributed by atoms with Crippen molar-refractivity contribution >= 4 is 29.5 Å². The van der Waals surface area contributed by atoms with Crippen LogP contribution in [-0.4, -0.2) is 37.0 Å². The first-order chi connectivity index (χ1) is 11.8. The molecular weight excluding hydrogens is 326 g/mol. The Bertz CT molecular complexity index is 643. The van der Waals surface area contributed by atoms with E-state index < -0.39 is 24.5 Å². The number of imide groups is 1. The largest absolute Gasteiger partial charge is 0.452 e. The number of urea groups is 1. The molecule has 0 saturated heterocycles. The third-order valence-corrected chi connectivity index (χ3v) is 3.01. The van der Waals surface area contributed by atoms with E-state index in [2.05, 4.69) is 16.0 Å². The van der Waals surface area contributed by atoms with Crippen LogP contribution in [0.1, 0.15) is 37.6 Å². The standard InChI is InChI=1S/C17H23N3O5/c1-11(2)7-8-18-17(24)20-15(22)10-25-16(23)13-5-4-6-14(9-13)19-12(3)21/h4-6,9,11H,7-8,10H2,1-3H3,(H,19,21)(H2,18,20,22,24). The zero-order valence-corrected chi connectivity index (χ0v) is 14.5. The Balaban J connectivity index is 2.41. The van der Waals surface area contributed by atoms with E-state index in [1.807, 2.05) is 13.8 Å². The lowest BCUT2D eigenvalue weighted by Gasteiger charge is -2.09. The predicted octanol–water partition coefficient (Wildman–Crippen LogP) is 1.67. The Morgan fingerprint density at radius 1 is 1.16 bits per heavy atom. The van der Waals surface area contributed by atoms with Crippen LogP contribution < -0.4 is 16.0 Å². The van der Waals surface area contributed by atoms with E-state index in [1.165, 1.54) is 19.1 Å². The number of carbonyl (C=O) groups is 4. The molecule has 0 radical (unpaired) electrons. The van der Waals surface area contributed by atoms with Crippen molar-refractivity contribution in [3.63, 3.8) is 0 Å². The third kappa shape index (κ3) is 8.50. The molecule has 0 aliphatic heterocycles. The van der Waals surface area contributed by atoms with E-state index in [4.69, 9.17) is 4.74 Å². The van der Waals surface area contributed by atoms with Crippen molar-refractivity contribution in [3.05, 3.63) is 29.8 Å². The van der Waals surface area contributed by atoms with Gasteiger partial charge in [0, 0.05) is 19.2 Å². The number of rotatable bonds is 7. The number of carbonyl (C=O) groups excluding carboxylic acids is 4. The van der Waals surface area contributed by atoms with Crippen LogP contribution in [0.5, 0.6) is 0 Å². The fourth-order valence-electron chi connectivity index (χ4n) is 1.82. The summed E-state index contributed by atoms with van der Waals surface area (Å²) in [6, 6.07) is 5.48. The Kier molecular flexibility index (Phi) is 8.11. The molecule has 0 fully saturated rings. The van der Waals surface area contributed by atoms with Crippen molar-refractivity contribution in [2.75, 3.05) is 18.5 Å². The summed E-state index contributed by atoms with van der Waals surface area (Å²) in [6.45, 7) is 5.26. The van der Waals surface area contributed by atoms with Gasteiger partial charge < -0.3 is 15.4 Å². The van der Waals surface area contributed by atoms with Crippen molar-refractivity contribution < 1.29 is 23.9 Å². The number of benzene rings is 1. The molecule has 0 unspecified atom stereocenters. The summed E-state index contributed by atoms with van der Waals surface area (Å²) >= 11 is 0. The number of anilines is 1. The first kappa shape index (κ1) is 20.1. The van der Waals surface area contributed by atoms with Crippen LogP contribution in [0, 0.1) is 5.92 Å². The average molecular weight is 349 g/mol. The molecule has 0 aliphatic carbocycles. The molecule has 1 aromatic carbocycles. The van der Waals surface area contributed by atoms with Crippen LogP contribution in [0.15, 0.2) is 24.3 Å². The second-order valence-corrected chi connectivity index (χ2v) is 5.82. The Morgan fingerprint density at radius 2 is 1.88 bits per heavy atom. The maximum Gasteiger partial charge on any atom is 0.338 e. The van der Waals surface area contributed by atoms with Crippen LogP contribution >= 0.6 is 0 Å². The van der Waals surface area contributed by atoms with Gasteiger partial charge in [0.05, 0.1) is 5.56 Å². The van der Waals surface area contributed by atoms with Crippen molar-refractivity contribution in [1.29, 1.82) is 0 Å². The van der Waals surface area contributed by atoms with E-state index in [-0.39, 0.29) is 11.5 Å². The molecule has 0 spiro atoms. The van der Waals surface area contributed by atoms with Gasteiger partial charge in [0.15, 0.2) is 6.61 Å². The average Bonchev–Trinajstić information content (AvgIpc) is 2.51. The second-order valence-electron chi connectivity index (χ2n) is 5.82. The lowest BCUT2D eigenvalue weighted by Crippen LogP contribution is -2.41. The summed E-state index contributed by atoms with van der Waals surface area (Å²) < 4.78 is 4.85. The van der Waals surface area contributed by atoms with Crippen molar-refractivity contribution in [3.8, 4) is 0 Å². The van der Waals surface area contributed by atoms with E-state index in [1.54, 1.807) is 12.1 Å². The minimum absolute atomic E-state index is 0.181. The second kappa shape index (κ2) is 10.1. The number of amides is 4. The molecular formula is C17H23N3O5. The van der Waals surface area contributed by atoms with Gasteiger partial charge in [-0.3, -0.25) is 14.9 Å². The molecule has 0 aromatic heterocycles. The van der Waals surface area contributed by atoms with Gasteiger partial charge in [-0.15, -0.1) is 0 Å². The predicted molar refractivity (Wildman–Crippen MR) is 92.0 cm³/mol. The number of nitrogens with one attached hydrogen (secondary N) is 3. The topological polar surface area (TPSA) is 114 Å². The van der Waals surface area contributed by atoms with Gasteiger partial charge in [-0.05, 0) is 30.5 Å². The minimum atomic E-state index is -0.734. The minimum Gasteiger partial charge on any atom is -0.452 e. The fraction of sp³-hybridized carbons (Fsp3) is 0.412. The summed E-state index contributed by atoms with van der Waals surface area (Å²) in [4.78, 5) is 46.0. The van der Waals surface area contributed by atoms with Gasteiger partial charge in [0.1, 0.15) is 0 Å². The van der Waals surface area contributed by atoms with Crippen LogP contribution in [0.25, 0.3) is 0 Å². The zero-order chi connectivity index (χ0) is 18.8. The van der Waals surface area contributed by atoms with Gasteiger partial charge in [-0.25, -0.2) is 9.59 Å². The van der Waals surface area contributed by atoms with E-state index in [9.17, 15) is 19.2 Å². The van der Waals surface area contributed by atoms with Gasteiger partial charge in [-0.1, -0.05) is 19.9 Å². The first-order valence-electron chi connectivity index (χ1n) is 7.90. The Morgan fingerprint density at radius 3 is 2.52 bits per heavy atom. The molecule has 3 N–H and O–H groups in total. The third-order valence-electron chi connectivity index (χ3n) is 3.01. The van der Waals surface area contributed by atoms with Gasteiger partial charge >= 0.3 is 12.0 Å². The number of ether oxygens (including phenoxy) is 1. The number of hydrogen-bond donors (Lipinski definition) is 3. The molecule has 1 rings (SSSR count). The highest BCUT2D eigenvalue weighted by Crippen LogP contribution is 2.11. The molecule has 0 atom stereocenters. The lowest BCUT2D eigenvalue weighted by molar-refractivity contribution is -0.123. The summed E-state index contributed by atoms with van der Waals surface area (Å²) in [6.07, 6.45) is 0.793. The number of esters is 1. The summed E-state index contributed by atoms with van der Waals surface area (Å²) in [5, 5.41) is 7.15. The normalized spacial score (nSPS) is 10.1. The molecule has 25 heavy (non-hydrogen) atoms. The molecule has 4 amide bonds. The summed E-state index contributed by atoms with van der Waals surface area (Å²) in [5.41, 5.74) is 0.622. The molecule has 8 nitrogen and oxygen atoms in total. The molecule has 1 aromatic rings. The summed E-state index contributed by atoms with van der Waals surface area (Å²) in [7, 11) is 0. The SMILES string of the molecule is CC(=O)Nc1cccc(C(=O)OCC(=O)NC(=O)NCCC(C)C)c1. The first-order valence-corrected chi connectivity index (χ1v) is 7.90. The van der Waals surface area contributed by atoms with Crippen molar-refractivity contribution in [2.24, 2.45) is 5.92 Å². The highest BCUT2D eigenvalue weighted by molar-refractivity contribution is 5.97. The van der Waals surface area contributed by atoms with Crippen LogP contribution in [0.3, 0.4) is 0 Å². The Hall–Kier alpha value is -2.90. The van der Waals surface area contributed by atoms with Gasteiger partial charge in [-0.2, -0.15) is 0 Å². The fourth-order valence-corrected chi connectivity index (χ4v) is 1.82. The molecule has 8 heteroatoms. The van der Waals surface area contributed by atoms with E-state index in [0.29, 0.717) is 18.2 Å². The smallest absolute Gasteiger partial charge is 0.338 e. The molecule has 0 aliphatic rings. The van der Waals surface area contributed by atoms with Crippen molar-refractivity contribution in [1.82, 2.24) is 10.6 Å². The van der Waals surface area contributed by atoms with Crippen LogP contribution in [-0.2, 0) is 14.3 Å². The van der Waals surface area contributed by atoms with Crippen LogP contribution in [0.2, 0.25) is 0 Å². The quantitative estimate of drug-likeness (QED) is 0.648. The molecule has 0 heterocycles. The molecule has 136 valence electrons. The summed E-state index contributed by atoms with van der Waals surface area (Å²) in [5.74, 6) is -1.30. The maximum atomic E-state index is 11.9. The van der Waals surface area contributed by atoms with Gasteiger partial charge in [0.2, 0.25) is 5.91 Å². The Labute approximate surface area is 146 Å². The number of hydrogen-bond acceptors (Lipinski definition) is 5. The van der Waals surface area contributed by atoms with Crippen LogP contribution in [0.4, 0.5) is 10.5 Å². The highest BCUT2D eigenvalue weighted by Gasteiger charge is 2.13. The van der Waals surface area contributed by atoms with Gasteiger partial charge in [0.25, 0.3) is 5.91 Å². The molecule has 0 bridgehead atoms. The maximum absolute atomic E-state index is 11.9. The van der Waals surface area contributed by atoms with E-state index in [0.717, 1.165) is 6.42 Å². The lowest BCUT2D eigenvalue weighted by atomic mass is 10.1. The van der Waals surface area contributed by atoms with Crippen molar-refractivity contribution in [2.45, 2.75) is 27.2 Å². The monoisotopic (exact) mass is 349 g/mol. The van der Waals surface area contributed by atoms with E-state index >= 15 is 0 Å². The zero-order valence-electron chi connectivity index (χ0n) is 14.5.